The summed E-state index contributed by atoms with van der Waals surface area (Å²) >= 11 is 11.8. The summed E-state index contributed by atoms with van der Waals surface area (Å²) < 4.78 is 44.2. The van der Waals surface area contributed by atoms with Gasteiger partial charge in [0.15, 0.2) is 0 Å². The first-order chi connectivity index (χ1) is 13.1. The number of nitrogens with zero attached hydrogens (tertiary/aromatic N) is 1. The summed E-state index contributed by atoms with van der Waals surface area (Å²) in [5.41, 5.74) is 0.462. The highest BCUT2D eigenvalue weighted by Crippen LogP contribution is 2.29. The molecule has 6 nitrogen and oxygen atoms in total. The van der Waals surface area contributed by atoms with Crippen molar-refractivity contribution in [3.63, 3.8) is 0 Å². The Morgan fingerprint density at radius 3 is 2.39 bits per heavy atom. The van der Waals surface area contributed by atoms with E-state index in [0.717, 1.165) is 22.7 Å². The molecule has 0 unspecified atom stereocenters. The molecule has 28 heavy (non-hydrogen) atoms. The van der Waals surface area contributed by atoms with Gasteiger partial charge in [-0.2, -0.15) is 0 Å². The minimum absolute atomic E-state index is 0.0867. The molecule has 0 saturated heterocycles. The van der Waals surface area contributed by atoms with Gasteiger partial charge < -0.3 is 10.1 Å². The van der Waals surface area contributed by atoms with E-state index in [4.69, 9.17) is 27.9 Å². The summed E-state index contributed by atoms with van der Waals surface area (Å²) in [6.45, 7) is 1.66. The molecular weight excluding hydrogens is 430 g/mol. The normalized spacial score (nSPS) is 12.4. The molecule has 0 aliphatic carbocycles. The molecule has 0 bridgehead atoms. The highest BCUT2D eigenvalue weighted by Gasteiger charge is 2.32. The fourth-order valence-corrected chi connectivity index (χ4v) is 4.29. The summed E-state index contributed by atoms with van der Waals surface area (Å²) in [5, 5.41) is 2.68. The molecule has 2 aromatic rings. The number of benzene rings is 2. The monoisotopic (exact) mass is 448 g/mol. The van der Waals surface area contributed by atoms with E-state index in [1.54, 1.807) is 19.1 Å². The molecular formula is C18H19Cl2FN2O4S. The third-order valence-electron chi connectivity index (χ3n) is 3.91. The molecule has 1 N–H and O–H groups in total. The van der Waals surface area contributed by atoms with E-state index < -0.39 is 27.8 Å². The van der Waals surface area contributed by atoms with Gasteiger partial charge in [0.2, 0.25) is 15.9 Å². The van der Waals surface area contributed by atoms with Crippen molar-refractivity contribution in [2.24, 2.45) is 0 Å². The average molecular weight is 449 g/mol. The number of anilines is 2. The van der Waals surface area contributed by atoms with Crippen LogP contribution in [0.1, 0.15) is 13.3 Å². The Labute approximate surface area is 173 Å². The molecule has 152 valence electrons. The van der Waals surface area contributed by atoms with Gasteiger partial charge in [0.25, 0.3) is 0 Å². The third kappa shape index (κ3) is 5.06. The van der Waals surface area contributed by atoms with E-state index >= 15 is 0 Å². The van der Waals surface area contributed by atoms with Gasteiger partial charge in [0, 0.05) is 5.69 Å². The minimum Gasteiger partial charge on any atom is -0.495 e. The number of hydrogen-bond acceptors (Lipinski definition) is 4. The van der Waals surface area contributed by atoms with E-state index in [9.17, 15) is 17.6 Å². The number of carbonyl (C=O) groups is 1. The fourth-order valence-electron chi connectivity index (χ4n) is 2.65. The smallest absolute Gasteiger partial charge is 0.248 e. The maximum absolute atomic E-state index is 13.5. The summed E-state index contributed by atoms with van der Waals surface area (Å²) in [6.07, 6.45) is 1.13. The molecule has 1 amide bonds. The highest BCUT2D eigenvalue weighted by molar-refractivity contribution is 7.92. The van der Waals surface area contributed by atoms with E-state index in [1.165, 1.54) is 19.2 Å². The number of methoxy groups -OCH3 is 1. The van der Waals surface area contributed by atoms with Crippen LogP contribution < -0.4 is 14.4 Å². The molecule has 0 aliphatic rings. The summed E-state index contributed by atoms with van der Waals surface area (Å²) in [4.78, 5) is 12.8. The van der Waals surface area contributed by atoms with Crippen LogP contribution in [-0.4, -0.2) is 33.7 Å². The second-order valence-corrected chi connectivity index (χ2v) is 8.59. The van der Waals surface area contributed by atoms with E-state index in [2.05, 4.69) is 5.32 Å². The van der Waals surface area contributed by atoms with Crippen LogP contribution in [0.2, 0.25) is 10.0 Å². The lowest BCUT2D eigenvalue weighted by molar-refractivity contribution is -0.117. The largest absolute Gasteiger partial charge is 0.495 e. The van der Waals surface area contributed by atoms with Crippen molar-refractivity contribution in [2.45, 2.75) is 19.4 Å². The summed E-state index contributed by atoms with van der Waals surface area (Å²) in [7, 11) is -2.41. The van der Waals surface area contributed by atoms with Crippen molar-refractivity contribution in [1.82, 2.24) is 0 Å². The average Bonchev–Trinajstić information content (AvgIpc) is 2.61. The van der Waals surface area contributed by atoms with Crippen molar-refractivity contribution in [3.8, 4) is 5.75 Å². The first kappa shape index (κ1) is 22.3. The van der Waals surface area contributed by atoms with Crippen LogP contribution >= 0.6 is 23.2 Å². The van der Waals surface area contributed by atoms with Crippen molar-refractivity contribution in [2.75, 3.05) is 23.0 Å². The van der Waals surface area contributed by atoms with Gasteiger partial charge in [-0.15, -0.1) is 0 Å². The summed E-state index contributed by atoms with van der Waals surface area (Å²) in [5.74, 6) is -0.829. The number of carbonyl (C=O) groups excluding carboxylic acids is 1. The van der Waals surface area contributed by atoms with Gasteiger partial charge in [-0.05, 0) is 42.8 Å². The van der Waals surface area contributed by atoms with Gasteiger partial charge in [-0.1, -0.05) is 30.1 Å². The topological polar surface area (TPSA) is 75.7 Å². The number of rotatable bonds is 7. The number of halogens is 3. The Hall–Kier alpha value is -2.03. The zero-order valence-electron chi connectivity index (χ0n) is 15.4. The van der Waals surface area contributed by atoms with Crippen molar-refractivity contribution in [1.29, 1.82) is 0 Å². The van der Waals surface area contributed by atoms with Crippen LogP contribution in [0.3, 0.4) is 0 Å². The lowest BCUT2D eigenvalue weighted by Crippen LogP contribution is -2.47. The lowest BCUT2D eigenvalue weighted by Gasteiger charge is -2.30. The molecule has 2 aromatic carbocycles. The molecule has 0 spiro atoms. The van der Waals surface area contributed by atoms with Crippen molar-refractivity contribution >= 4 is 50.5 Å². The van der Waals surface area contributed by atoms with Crippen LogP contribution in [0, 0.1) is 5.82 Å². The second-order valence-electron chi connectivity index (χ2n) is 5.92. The van der Waals surface area contributed by atoms with E-state index in [0.29, 0.717) is 16.5 Å². The Morgan fingerprint density at radius 2 is 1.89 bits per heavy atom. The SMILES string of the molecule is CC[C@@H](C(=O)Nc1ccc(OC)c(Cl)c1)N(c1ccc(F)c(Cl)c1)S(C)(=O)=O. The van der Waals surface area contributed by atoms with Crippen LogP contribution in [0.25, 0.3) is 0 Å². The molecule has 0 heterocycles. The number of amides is 1. The zero-order valence-corrected chi connectivity index (χ0v) is 17.7. The minimum atomic E-state index is -3.87. The first-order valence-corrected chi connectivity index (χ1v) is 10.8. The number of ether oxygens (including phenoxy) is 1. The molecule has 2 rings (SSSR count). The molecule has 0 fully saturated rings. The third-order valence-corrected chi connectivity index (χ3v) is 5.67. The van der Waals surface area contributed by atoms with Gasteiger partial charge in [0.05, 0.1) is 29.1 Å². The highest BCUT2D eigenvalue weighted by atomic mass is 35.5. The van der Waals surface area contributed by atoms with Gasteiger partial charge in [0.1, 0.15) is 17.6 Å². The Bertz CT molecular complexity index is 986. The molecule has 0 aliphatic heterocycles. The van der Waals surface area contributed by atoms with Gasteiger partial charge in [-0.3, -0.25) is 9.10 Å². The summed E-state index contributed by atoms with van der Waals surface area (Å²) in [6, 6.07) is 7.02. The van der Waals surface area contributed by atoms with Crippen molar-refractivity contribution in [3.05, 3.63) is 52.3 Å². The lowest BCUT2D eigenvalue weighted by atomic mass is 10.1. The molecule has 0 radical (unpaired) electrons. The number of sulfonamides is 1. The number of hydrogen-bond donors (Lipinski definition) is 1. The second kappa shape index (κ2) is 8.98. The predicted octanol–water partition coefficient (Wildman–Crippen LogP) is 4.32. The maximum atomic E-state index is 13.5. The van der Waals surface area contributed by atoms with Crippen molar-refractivity contribution < 1.29 is 22.3 Å². The maximum Gasteiger partial charge on any atom is 0.248 e. The van der Waals surface area contributed by atoms with E-state index in [-0.39, 0.29) is 17.1 Å². The molecule has 0 saturated carbocycles. The molecule has 0 aromatic heterocycles. The Morgan fingerprint density at radius 1 is 1.21 bits per heavy atom. The quantitative estimate of drug-likeness (QED) is 0.683. The standard InChI is InChI=1S/C18H19Cl2FN2O4S/c1-4-16(18(24)22-11-5-8-17(27-2)14(20)9-11)23(28(3,25)26)12-6-7-15(21)13(19)10-12/h5-10,16H,4H2,1-3H3,(H,22,24)/t16-/m0/s1. The van der Waals surface area contributed by atoms with Gasteiger partial charge in [-0.25, -0.2) is 12.8 Å². The molecule has 1 atom stereocenters. The molecule has 10 heteroatoms. The fraction of sp³-hybridized carbons (Fsp3) is 0.278. The van der Waals surface area contributed by atoms with Crippen LogP contribution in [0.4, 0.5) is 15.8 Å². The van der Waals surface area contributed by atoms with Crippen LogP contribution in [0.15, 0.2) is 36.4 Å². The van der Waals surface area contributed by atoms with E-state index in [1.807, 2.05) is 0 Å². The van der Waals surface area contributed by atoms with Crippen LogP contribution in [-0.2, 0) is 14.8 Å². The van der Waals surface area contributed by atoms with Gasteiger partial charge >= 0.3 is 0 Å². The zero-order chi connectivity index (χ0) is 21.1. The number of nitrogens with one attached hydrogen (secondary N) is 1. The first-order valence-electron chi connectivity index (χ1n) is 8.17. The Kier molecular flexibility index (Phi) is 7.14. The Balaban J connectivity index is 2.38. The predicted molar refractivity (Wildman–Crippen MR) is 109 cm³/mol. The van der Waals surface area contributed by atoms with Crippen LogP contribution in [0.5, 0.6) is 5.75 Å².